The van der Waals surface area contributed by atoms with Gasteiger partial charge in [0, 0.05) is 19.3 Å². The zero-order valence-electron chi connectivity index (χ0n) is 38.0. The van der Waals surface area contributed by atoms with Crippen LogP contribution in [0.5, 0.6) is 0 Å². The van der Waals surface area contributed by atoms with Gasteiger partial charge in [0.05, 0.1) is 0 Å². The molecule has 0 radical (unpaired) electrons. The van der Waals surface area contributed by atoms with Gasteiger partial charge in [0.25, 0.3) is 0 Å². The molecule has 0 aromatic rings. The van der Waals surface area contributed by atoms with Crippen molar-refractivity contribution in [3.63, 3.8) is 0 Å². The van der Waals surface area contributed by atoms with Gasteiger partial charge >= 0.3 is 17.9 Å². The Labute approximate surface area is 362 Å². The summed E-state index contributed by atoms with van der Waals surface area (Å²) in [6.45, 7) is 6.29. The summed E-state index contributed by atoms with van der Waals surface area (Å²) in [5.74, 6) is -0.982. The summed E-state index contributed by atoms with van der Waals surface area (Å²) in [5, 5.41) is 0. The molecule has 334 valence electrons. The van der Waals surface area contributed by atoms with Crippen LogP contribution in [0.3, 0.4) is 0 Å². The van der Waals surface area contributed by atoms with Crippen molar-refractivity contribution in [2.45, 2.75) is 207 Å². The molecule has 0 amide bonds. The molecule has 0 aliphatic heterocycles. The Morgan fingerprint density at radius 1 is 0.356 bits per heavy atom. The minimum absolute atomic E-state index is 0.104. The lowest BCUT2D eigenvalue weighted by Gasteiger charge is -2.18. The second kappa shape index (κ2) is 47.0. The Hall–Kier alpha value is -3.67. The summed E-state index contributed by atoms with van der Waals surface area (Å²) >= 11 is 0. The van der Waals surface area contributed by atoms with Crippen LogP contribution in [-0.4, -0.2) is 37.2 Å². The highest BCUT2D eigenvalue weighted by Crippen LogP contribution is 2.12. The molecule has 0 fully saturated rings. The average Bonchev–Trinajstić information content (AvgIpc) is 3.23. The molecule has 0 unspecified atom stereocenters. The van der Waals surface area contributed by atoms with E-state index in [1.807, 2.05) is 0 Å². The molecule has 0 saturated carbocycles. The first-order valence-electron chi connectivity index (χ1n) is 23.7. The number of allylic oxidation sites excluding steroid dienone is 16. The standard InChI is InChI=1S/C53H86O6/c1-4-7-10-13-16-19-22-24-26-28-31-34-37-40-43-46-52(55)58-49-50(48-57-51(54)45-42-39-36-33-30-21-18-15-12-9-6-3)59-53(56)47-44-41-38-35-32-29-27-25-23-20-17-14-11-8-5-2/h7-8,10-11,15-20,24-27,31,34,50H,4-6,9,12-14,21-23,28-30,32-33,35-49H2,1-3H3/b10-7-,11-8-,18-15-,19-16-,20-17-,26-24-,27-25-,34-31-/t50-/m1/s1. The van der Waals surface area contributed by atoms with Crippen LogP contribution in [0.4, 0.5) is 0 Å². The topological polar surface area (TPSA) is 78.9 Å². The molecule has 0 spiro atoms. The van der Waals surface area contributed by atoms with Crippen molar-refractivity contribution in [1.82, 2.24) is 0 Å². The van der Waals surface area contributed by atoms with Crippen LogP contribution >= 0.6 is 0 Å². The van der Waals surface area contributed by atoms with E-state index in [9.17, 15) is 14.4 Å². The Balaban J connectivity index is 4.51. The lowest BCUT2D eigenvalue weighted by molar-refractivity contribution is -0.167. The van der Waals surface area contributed by atoms with Gasteiger partial charge in [-0.25, -0.2) is 0 Å². The Morgan fingerprint density at radius 3 is 1.08 bits per heavy atom. The number of carbonyl (C=O) groups excluding carboxylic acids is 3. The highest BCUT2D eigenvalue weighted by Gasteiger charge is 2.19. The predicted molar refractivity (Wildman–Crippen MR) is 251 cm³/mol. The number of unbranched alkanes of at least 4 members (excludes halogenated alkanes) is 14. The van der Waals surface area contributed by atoms with Gasteiger partial charge in [0.2, 0.25) is 0 Å². The summed E-state index contributed by atoms with van der Waals surface area (Å²) in [7, 11) is 0. The number of esters is 3. The smallest absolute Gasteiger partial charge is 0.306 e. The molecule has 59 heavy (non-hydrogen) atoms. The van der Waals surface area contributed by atoms with E-state index in [4.69, 9.17) is 14.2 Å². The Kier molecular flexibility index (Phi) is 44.1. The number of rotatable bonds is 41. The quantitative estimate of drug-likeness (QED) is 0.0265. The van der Waals surface area contributed by atoms with E-state index in [1.54, 1.807) is 0 Å². The maximum atomic E-state index is 12.7. The predicted octanol–water partition coefficient (Wildman–Crippen LogP) is 15.4. The third kappa shape index (κ3) is 45.3. The summed E-state index contributed by atoms with van der Waals surface area (Å²) in [6.07, 6.45) is 61.0. The second-order valence-corrected chi connectivity index (χ2v) is 15.2. The molecule has 0 aromatic heterocycles. The molecule has 0 bridgehead atoms. The van der Waals surface area contributed by atoms with Crippen molar-refractivity contribution in [1.29, 1.82) is 0 Å². The number of hydrogen-bond acceptors (Lipinski definition) is 6. The van der Waals surface area contributed by atoms with Crippen LogP contribution in [0.25, 0.3) is 0 Å². The van der Waals surface area contributed by atoms with Crippen LogP contribution < -0.4 is 0 Å². The lowest BCUT2D eigenvalue weighted by atomic mass is 10.1. The van der Waals surface area contributed by atoms with Crippen molar-refractivity contribution in [3.05, 3.63) is 97.2 Å². The van der Waals surface area contributed by atoms with Gasteiger partial charge in [-0.05, 0) is 109 Å². The number of ether oxygens (including phenoxy) is 3. The molecule has 6 nitrogen and oxygen atoms in total. The third-order valence-corrected chi connectivity index (χ3v) is 9.55. The second-order valence-electron chi connectivity index (χ2n) is 15.2. The van der Waals surface area contributed by atoms with E-state index in [2.05, 4.69) is 118 Å². The van der Waals surface area contributed by atoms with Gasteiger partial charge < -0.3 is 14.2 Å². The maximum Gasteiger partial charge on any atom is 0.306 e. The highest BCUT2D eigenvalue weighted by atomic mass is 16.6. The van der Waals surface area contributed by atoms with E-state index in [0.29, 0.717) is 19.3 Å². The molecule has 0 N–H and O–H groups in total. The van der Waals surface area contributed by atoms with E-state index in [-0.39, 0.29) is 31.1 Å². The van der Waals surface area contributed by atoms with Crippen LogP contribution in [-0.2, 0) is 28.6 Å². The van der Waals surface area contributed by atoms with Crippen LogP contribution in [0.1, 0.15) is 201 Å². The van der Waals surface area contributed by atoms with Crippen molar-refractivity contribution in [2.75, 3.05) is 13.2 Å². The molecular formula is C53H86O6. The first-order valence-corrected chi connectivity index (χ1v) is 23.7. The monoisotopic (exact) mass is 819 g/mol. The zero-order valence-corrected chi connectivity index (χ0v) is 38.0. The first kappa shape index (κ1) is 55.3. The average molecular weight is 819 g/mol. The SMILES string of the molecule is CC/C=C\C/C=C\C/C=C\C/C=C\CCCCC(=O)OC[C@@H](COC(=O)CCCCCCC/C=C\CCCC)OC(=O)CCCCCCC/C=C\C/C=C\C/C=C\CC. The fourth-order valence-electron chi connectivity index (χ4n) is 6.01. The maximum absolute atomic E-state index is 12.7. The van der Waals surface area contributed by atoms with Crippen LogP contribution in [0, 0.1) is 0 Å². The van der Waals surface area contributed by atoms with E-state index < -0.39 is 6.10 Å². The van der Waals surface area contributed by atoms with Gasteiger partial charge in [-0.15, -0.1) is 0 Å². The van der Waals surface area contributed by atoms with E-state index in [0.717, 1.165) is 135 Å². The minimum atomic E-state index is -0.806. The fraction of sp³-hybridized carbons (Fsp3) is 0.642. The Bertz CT molecular complexity index is 1220. The van der Waals surface area contributed by atoms with Gasteiger partial charge in [0.15, 0.2) is 6.10 Å². The normalized spacial score (nSPS) is 12.9. The zero-order chi connectivity index (χ0) is 43.0. The molecule has 0 aliphatic rings. The first-order chi connectivity index (χ1) is 29.0. The molecule has 0 saturated heterocycles. The van der Waals surface area contributed by atoms with Crippen LogP contribution in [0.15, 0.2) is 97.2 Å². The van der Waals surface area contributed by atoms with Gasteiger partial charge in [-0.2, -0.15) is 0 Å². The molecule has 1 atom stereocenters. The lowest BCUT2D eigenvalue weighted by Crippen LogP contribution is -2.30. The summed E-state index contributed by atoms with van der Waals surface area (Å²) in [6, 6.07) is 0. The summed E-state index contributed by atoms with van der Waals surface area (Å²) in [4.78, 5) is 37.8. The molecule has 6 heteroatoms. The summed E-state index contributed by atoms with van der Waals surface area (Å²) < 4.78 is 16.7. The Morgan fingerprint density at radius 2 is 0.661 bits per heavy atom. The van der Waals surface area contributed by atoms with Gasteiger partial charge in [0.1, 0.15) is 13.2 Å². The van der Waals surface area contributed by atoms with Gasteiger partial charge in [-0.3, -0.25) is 14.4 Å². The van der Waals surface area contributed by atoms with E-state index in [1.165, 1.54) is 25.7 Å². The van der Waals surface area contributed by atoms with Crippen molar-refractivity contribution in [2.24, 2.45) is 0 Å². The molecule has 0 aromatic carbocycles. The third-order valence-electron chi connectivity index (χ3n) is 9.55. The van der Waals surface area contributed by atoms with Crippen LogP contribution in [0.2, 0.25) is 0 Å². The fourth-order valence-corrected chi connectivity index (χ4v) is 6.01. The van der Waals surface area contributed by atoms with Crippen molar-refractivity contribution >= 4 is 17.9 Å². The number of hydrogen-bond donors (Lipinski definition) is 0. The van der Waals surface area contributed by atoms with Crippen molar-refractivity contribution < 1.29 is 28.6 Å². The van der Waals surface area contributed by atoms with E-state index >= 15 is 0 Å². The molecule has 0 aliphatic carbocycles. The molecule has 0 heterocycles. The molecular weight excluding hydrogens is 733 g/mol. The molecule has 0 rings (SSSR count). The minimum Gasteiger partial charge on any atom is -0.462 e. The number of carbonyl (C=O) groups is 3. The highest BCUT2D eigenvalue weighted by molar-refractivity contribution is 5.71. The largest absolute Gasteiger partial charge is 0.462 e. The summed E-state index contributed by atoms with van der Waals surface area (Å²) in [5.41, 5.74) is 0. The van der Waals surface area contributed by atoms with Crippen molar-refractivity contribution in [3.8, 4) is 0 Å². The van der Waals surface area contributed by atoms with Gasteiger partial charge in [-0.1, -0.05) is 169 Å².